The van der Waals surface area contributed by atoms with Gasteiger partial charge in [0.1, 0.15) is 6.54 Å². The Morgan fingerprint density at radius 2 is 2.15 bits per heavy atom. The highest BCUT2D eigenvalue weighted by Crippen LogP contribution is 2.20. The van der Waals surface area contributed by atoms with E-state index < -0.39 is 0 Å². The number of benzene rings is 1. The highest BCUT2D eigenvalue weighted by molar-refractivity contribution is 5.85. The quantitative estimate of drug-likeness (QED) is 0.849. The molecule has 1 heterocycles. The van der Waals surface area contributed by atoms with Gasteiger partial charge in [0.15, 0.2) is 0 Å². The van der Waals surface area contributed by atoms with Crippen molar-refractivity contribution in [2.45, 2.75) is 33.4 Å². The second-order valence-electron chi connectivity index (χ2n) is 5.49. The second-order valence-corrected chi connectivity index (χ2v) is 5.49. The summed E-state index contributed by atoms with van der Waals surface area (Å²) < 4.78 is 1.89. The van der Waals surface area contributed by atoms with Crippen molar-refractivity contribution in [1.82, 2.24) is 9.88 Å². The molecule has 0 saturated heterocycles. The van der Waals surface area contributed by atoms with Crippen molar-refractivity contribution in [2.24, 2.45) is 5.92 Å². The number of rotatable bonds is 6. The SMILES string of the molecule is CC(C)CCNC(=O)Cn1ccc2cccc(CO)c21. The van der Waals surface area contributed by atoms with Gasteiger partial charge in [-0.1, -0.05) is 32.0 Å². The summed E-state index contributed by atoms with van der Waals surface area (Å²) in [5, 5.41) is 13.4. The monoisotopic (exact) mass is 274 g/mol. The van der Waals surface area contributed by atoms with Gasteiger partial charge in [0, 0.05) is 18.3 Å². The van der Waals surface area contributed by atoms with Crippen LogP contribution in [-0.2, 0) is 17.9 Å². The lowest BCUT2D eigenvalue weighted by Crippen LogP contribution is -2.28. The molecule has 1 aromatic carbocycles. The lowest BCUT2D eigenvalue weighted by atomic mass is 10.1. The summed E-state index contributed by atoms with van der Waals surface area (Å²) >= 11 is 0. The van der Waals surface area contributed by atoms with Gasteiger partial charge in [0.25, 0.3) is 0 Å². The Morgan fingerprint density at radius 3 is 2.85 bits per heavy atom. The average Bonchev–Trinajstić information content (AvgIpc) is 2.81. The standard InChI is InChI=1S/C16H22N2O2/c1-12(2)6-8-17-15(20)10-18-9-7-13-4-3-5-14(11-19)16(13)18/h3-5,7,9,12,19H,6,8,10-11H2,1-2H3,(H,17,20). The molecule has 0 aliphatic heterocycles. The zero-order valence-corrected chi connectivity index (χ0v) is 12.1. The minimum Gasteiger partial charge on any atom is -0.392 e. The summed E-state index contributed by atoms with van der Waals surface area (Å²) in [6.07, 6.45) is 2.88. The van der Waals surface area contributed by atoms with Gasteiger partial charge in [0.2, 0.25) is 5.91 Å². The van der Waals surface area contributed by atoms with Crippen molar-refractivity contribution in [3.05, 3.63) is 36.0 Å². The molecule has 0 fully saturated rings. The van der Waals surface area contributed by atoms with Gasteiger partial charge in [-0.3, -0.25) is 4.79 Å². The minimum absolute atomic E-state index is 0.0101. The molecule has 4 heteroatoms. The summed E-state index contributed by atoms with van der Waals surface area (Å²) in [6.45, 7) is 5.26. The highest BCUT2D eigenvalue weighted by atomic mass is 16.3. The van der Waals surface area contributed by atoms with Crippen molar-refractivity contribution in [1.29, 1.82) is 0 Å². The molecule has 0 spiro atoms. The van der Waals surface area contributed by atoms with Crippen LogP contribution in [0, 0.1) is 5.92 Å². The van der Waals surface area contributed by atoms with E-state index in [1.54, 1.807) is 0 Å². The van der Waals surface area contributed by atoms with Crippen LogP contribution in [0.1, 0.15) is 25.8 Å². The molecule has 0 atom stereocenters. The Bertz CT molecular complexity index is 587. The number of aliphatic hydroxyl groups excluding tert-OH is 1. The molecule has 4 nitrogen and oxygen atoms in total. The van der Waals surface area contributed by atoms with E-state index >= 15 is 0 Å². The van der Waals surface area contributed by atoms with Crippen LogP contribution in [0.5, 0.6) is 0 Å². The van der Waals surface area contributed by atoms with E-state index in [9.17, 15) is 9.90 Å². The Hall–Kier alpha value is -1.81. The van der Waals surface area contributed by atoms with Gasteiger partial charge in [-0.25, -0.2) is 0 Å². The number of hydrogen-bond donors (Lipinski definition) is 2. The van der Waals surface area contributed by atoms with Gasteiger partial charge >= 0.3 is 0 Å². The topological polar surface area (TPSA) is 54.3 Å². The van der Waals surface area contributed by atoms with Crippen molar-refractivity contribution >= 4 is 16.8 Å². The Morgan fingerprint density at radius 1 is 1.35 bits per heavy atom. The number of aliphatic hydroxyl groups is 1. The smallest absolute Gasteiger partial charge is 0.239 e. The molecule has 108 valence electrons. The number of carbonyl (C=O) groups excluding carboxylic acids is 1. The van der Waals surface area contributed by atoms with Crippen LogP contribution in [0.25, 0.3) is 10.9 Å². The second kappa shape index (κ2) is 6.57. The Kier molecular flexibility index (Phi) is 4.79. The fourth-order valence-corrected chi connectivity index (χ4v) is 2.31. The fourth-order valence-electron chi connectivity index (χ4n) is 2.31. The maximum atomic E-state index is 11.9. The molecule has 0 aliphatic carbocycles. The largest absolute Gasteiger partial charge is 0.392 e. The number of aromatic nitrogens is 1. The molecule has 0 bridgehead atoms. The predicted molar refractivity (Wildman–Crippen MR) is 80.3 cm³/mol. The number of amides is 1. The van der Waals surface area contributed by atoms with E-state index in [1.165, 1.54) is 0 Å². The first-order chi connectivity index (χ1) is 9.61. The van der Waals surface area contributed by atoms with Gasteiger partial charge in [-0.15, -0.1) is 0 Å². The van der Waals surface area contributed by atoms with E-state index in [-0.39, 0.29) is 12.5 Å². The minimum atomic E-state index is -0.0175. The molecule has 2 N–H and O–H groups in total. The zero-order chi connectivity index (χ0) is 14.5. The molecule has 2 aromatic rings. The van der Waals surface area contributed by atoms with Gasteiger partial charge < -0.3 is 15.0 Å². The average molecular weight is 274 g/mol. The van der Waals surface area contributed by atoms with Crippen molar-refractivity contribution in [3.8, 4) is 0 Å². The molecule has 1 amide bonds. The third kappa shape index (κ3) is 3.39. The van der Waals surface area contributed by atoms with Crippen molar-refractivity contribution in [3.63, 3.8) is 0 Å². The van der Waals surface area contributed by atoms with E-state index in [1.807, 2.05) is 35.0 Å². The lowest BCUT2D eigenvalue weighted by Gasteiger charge is -2.10. The molecule has 0 radical (unpaired) electrons. The number of nitrogens with zero attached hydrogens (tertiary/aromatic N) is 1. The number of para-hydroxylation sites is 1. The first-order valence-corrected chi connectivity index (χ1v) is 7.06. The molecule has 0 aliphatic rings. The molecular weight excluding hydrogens is 252 g/mol. The third-order valence-corrected chi connectivity index (χ3v) is 3.40. The Balaban J connectivity index is 2.08. The summed E-state index contributed by atoms with van der Waals surface area (Å²) in [5.41, 5.74) is 1.79. The maximum Gasteiger partial charge on any atom is 0.239 e. The van der Waals surface area contributed by atoms with Crippen LogP contribution in [-0.4, -0.2) is 22.1 Å². The van der Waals surface area contributed by atoms with Crippen LogP contribution in [0.2, 0.25) is 0 Å². The summed E-state index contributed by atoms with van der Waals surface area (Å²) in [6, 6.07) is 7.76. The predicted octanol–water partition coefficient (Wildman–Crippen LogP) is 2.30. The van der Waals surface area contributed by atoms with Crippen LogP contribution in [0.4, 0.5) is 0 Å². The summed E-state index contributed by atoms with van der Waals surface area (Å²) in [4.78, 5) is 11.9. The molecule has 2 rings (SSSR count). The highest BCUT2D eigenvalue weighted by Gasteiger charge is 2.09. The molecule has 20 heavy (non-hydrogen) atoms. The van der Waals surface area contributed by atoms with E-state index in [0.717, 1.165) is 22.9 Å². The molecule has 0 saturated carbocycles. The van der Waals surface area contributed by atoms with E-state index in [2.05, 4.69) is 19.2 Å². The van der Waals surface area contributed by atoms with Crippen molar-refractivity contribution < 1.29 is 9.90 Å². The van der Waals surface area contributed by atoms with Gasteiger partial charge in [-0.2, -0.15) is 0 Å². The van der Waals surface area contributed by atoms with Gasteiger partial charge in [-0.05, 0) is 23.8 Å². The number of fused-ring (bicyclic) bond motifs is 1. The normalized spacial score (nSPS) is 11.2. The zero-order valence-electron chi connectivity index (χ0n) is 12.1. The van der Waals surface area contributed by atoms with Crippen LogP contribution in [0.3, 0.4) is 0 Å². The molecule has 0 unspecified atom stereocenters. The number of carbonyl (C=O) groups is 1. The summed E-state index contributed by atoms with van der Waals surface area (Å²) in [7, 11) is 0. The van der Waals surface area contributed by atoms with Crippen molar-refractivity contribution in [2.75, 3.05) is 6.54 Å². The number of nitrogens with one attached hydrogen (secondary N) is 1. The van der Waals surface area contributed by atoms with Crippen LogP contribution in [0.15, 0.2) is 30.5 Å². The molecular formula is C16H22N2O2. The van der Waals surface area contributed by atoms with E-state index in [0.29, 0.717) is 19.0 Å². The lowest BCUT2D eigenvalue weighted by molar-refractivity contribution is -0.121. The molecule has 1 aromatic heterocycles. The van der Waals surface area contributed by atoms with Crippen LogP contribution < -0.4 is 5.32 Å². The fraction of sp³-hybridized carbons (Fsp3) is 0.438. The third-order valence-electron chi connectivity index (χ3n) is 3.40. The van der Waals surface area contributed by atoms with E-state index in [4.69, 9.17) is 0 Å². The number of hydrogen-bond acceptors (Lipinski definition) is 2. The maximum absolute atomic E-state index is 11.9. The summed E-state index contributed by atoms with van der Waals surface area (Å²) in [5.74, 6) is 0.597. The first kappa shape index (κ1) is 14.6. The van der Waals surface area contributed by atoms with Crippen LogP contribution >= 0.6 is 0 Å². The van der Waals surface area contributed by atoms with Gasteiger partial charge in [0.05, 0.1) is 12.1 Å². The Labute approximate surface area is 119 Å². The first-order valence-electron chi connectivity index (χ1n) is 7.06.